The molecule has 0 saturated carbocycles. The van der Waals surface area contributed by atoms with Gasteiger partial charge in [-0.1, -0.05) is 82.2 Å². The molecule has 0 unspecified atom stereocenters. The molecule has 0 saturated heterocycles. The average molecular weight is 340 g/mol. The third-order valence-electron chi connectivity index (χ3n) is 4.44. The largest absolute Gasteiger partial charge is 0.457 e. The van der Waals surface area contributed by atoms with E-state index in [1.807, 2.05) is 42.5 Å². The summed E-state index contributed by atoms with van der Waals surface area (Å²) in [4.78, 5) is 0. The van der Waals surface area contributed by atoms with Crippen molar-refractivity contribution in [2.45, 2.75) is 64.8 Å². The summed E-state index contributed by atoms with van der Waals surface area (Å²) in [5, 5.41) is 3.54. The van der Waals surface area contributed by atoms with Gasteiger partial charge in [-0.05, 0) is 42.8 Å². The summed E-state index contributed by atoms with van der Waals surface area (Å²) in [6, 6.07) is 18.3. The Morgan fingerprint density at radius 2 is 1.28 bits per heavy atom. The van der Waals surface area contributed by atoms with Gasteiger partial charge in [-0.2, -0.15) is 0 Å². The predicted octanol–water partition coefficient (Wildman–Crippen LogP) is 6.71. The Kier molecular flexibility index (Phi) is 9.80. The zero-order chi connectivity index (χ0) is 17.6. The standard InChI is InChI=1S/C23H33NO/c1-2-3-4-5-6-7-8-12-19-24-20-21-15-17-23(18-16-21)25-22-13-10-9-11-14-22/h9-11,13-18,24H,2-8,12,19-20H2,1H3. The molecule has 2 heteroatoms. The van der Waals surface area contributed by atoms with E-state index in [9.17, 15) is 0 Å². The Labute approximate surface area is 153 Å². The van der Waals surface area contributed by atoms with Crippen molar-refractivity contribution in [3.8, 4) is 11.5 Å². The fraction of sp³-hybridized carbons (Fsp3) is 0.478. The smallest absolute Gasteiger partial charge is 0.127 e. The normalized spacial score (nSPS) is 10.8. The minimum Gasteiger partial charge on any atom is -0.457 e. The van der Waals surface area contributed by atoms with E-state index in [2.05, 4.69) is 24.4 Å². The zero-order valence-electron chi connectivity index (χ0n) is 15.7. The molecule has 2 aromatic carbocycles. The fourth-order valence-corrected chi connectivity index (χ4v) is 2.92. The van der Waals surface area contributed by atoms with Crippen LogP contribution in [-0.4, -0.2) is 6.54 Å². The van der Waals surface area contributed by atoms with Gasteiger partial charge in [0.15, 0.2) is 0 Å². The molecule has 0 aromatic heterocycles. The Hall–Kier alpha value is -1.80. The van der Waals surface area contributed by atoms with Crippen molar-refractivity contribution in [3.63, 3.8) is 0 Å². The molecular formula is C23H33NO. The van der Waals surface area contributed by atoms with Crippen LogP contribution in [0.1, 0.15) is 63.9 Å². The van der Waals surface area contributed by atoms with Crippen molar-refractivity contribution >= 4 is 0 Å². The Morgan fingerprint density at radius 3 is 1.96 bits per heavy atom. The van der Waals surface area contributed by atoms with Crippen molar-refractivity contribution < 1.29 is 4.74 Å². The molecule has 0 spiro atoms. The number of unbranched alkanes of at least 4 members (excludes halogenated alkanes) is 7. The van der Waals surface area contributed by atoms with E-state index in [4.69, 9.17) is 4.74 Å². The summed E-state index contributed by atoms with van der Waals surface area (Å²) < 4.78 is 5.82. The first-order chi connectivity index (χ1) is 12.4. The highest BCUT2D eigenvalue weighted by atomic mass is 16.5. The number of rotatable bonds is 13. The monoisotopic (exact) mass is 339 g/mol. The molecule has 1 N–H and O–H groups in total. The highest BCUT2D eigenvalue weighted by molar-refractivity contribution is 5.32. The Balaban J connectivity index is 1.53. The topological polar surface area (TPSA) is 21.3 Å². The van der Waals surface area contributed by atoms with Gasteiger partial charge in [0.05, 0.1) is 0 Å². The van der Waals surface area contributed by atoms with Crippen LogP contribution in [0.3, 0.4) is 0 Å². The van der Waals surface area contributed by atoms with Gasteiger partial charge < -0.3 is 10.1 Å². The molecule has 0 atom stereocenters. The maximum Gasteiger partial charge on any atom is 0.127 e. The SMILES string of the molecule is CCCCCCCCCCNCc1ccc(Oc2ccccc2)cc1. The molecule has 0 aliphatic heterocycles. The highest BCUT2D eigenvalue weighted by Gasteiger charge is 1.98. The second-order valence-electron chi connectivity index (χ2n) is 6.71. The molecular weight excluding hydrogens is 306 g/mol. The van der Waals surface area contributed by atoms with Gasteiger partial charge in [0.2, 0.25) is 0 Å². The van der Waals surface area contributed by atoms with E-state index in [1.165, 1.54) is 56.9 Å². The highest BCUT2D eigenvalue weighted by Crippen LogP contribution is 2.21. The van der Waals surface area contributed by atoms with Gasteiger partial charge >= 0.3 is 0 Å². The van der Waals surface area contributed by atoms with E-state index in [1.54, 1.807) is 0 Å². The molecule has 136 valence electrons. The van der Waals surface area contributed by atoms with E-state index in [0.29, 0.717) is 0 Å². The van der Waals surface area contributed by atoms with E-state index >= 15 is 0 Å². The number of ether oxygens (including phenoxy) is 1. The van der Waals surface area contributed by atoms with Crippen molar-refractivity contribution in [1.82, 2.24) is 5.32 Å². The molecule has 0 aliphatic rings. The lowest BCUT2D eigenvalue weighted by molar-refractivity contribution is 0.482. The second-order valence-corrected chi connectivity index (χ2v) is 6.71. The molecule has 2 nitrogen and oxygen atoms in total. The number of para-hydroxylation sites is 1. The van der Waals surface area contributed by atoms with Crippen LogP contribution in [0.4, 0.5) is 0 Å². The van der Waals surface area contributed by atoms with E-state index in [-0.39, 0.29) is 0 Å². The predicted molar refractivity (Wildman–Crippen MR) is 107 cm³/mol. The van der Waals surface area contributed by atoms with Gasteiger partial charge in [-0.15, -0.1) is 0 Å². The van der Waals surface area contributed by atoms with Gasteiger partial charge in [0.25, 0.3) is 0 Å². The van der Waals surface area contributed by atoms with Crippen molar-refractivity contribution in [1.29, 1.82) is 0 Å². The summed E-state index contributed by atoms with van der Waals surface area (Å²) in [5.41, 5.74) is 1.31. The average Bonchev–Trinajstić information content (AvgIpc) is 2.65. The van der Waals surface area contributed by atoms with Crippen molar-refractivity contribution in [2.24, 2.45) is 0 Å². The third-order valence-corrected chi connectivity index (χ3v) is 4.44. The quantitative estimate of drug-likeness (QED) is 0.409. The Morgan fingerprint density at radius 1 is 0.680 bits per heavy atom. The molecule has 0 amide bonds. The lowest BCUT2D eigenvalue weighted by atomic mass is 10.1. The molecule has 2 rings (SSSR count). The van der Waals surface area contributed by atoms with Crippen molar-refractivity contribution in [2.75, 3.05) is 6.54 Å². The molecule has 0 radical (unpaired) electrons. The van der Waals surface area contributed by atoms with E-state index in [0.717, 1.165) is 24.6 Å². The molecule has 0 aliphatic carbocycles. The summed E-state index contributed by atoms with van der Waals surface area (Å²) in [6.45, 7) is 4.31. The number of nitrogens with one attached hydrogen (secondary N) is 1. The van der Waals surface area contributed by atoms with Crippen LogP contribution >= 0.6 is 0 Å². The molecule has 0 bridgehead atoms. The van der Waals surface area contributed by atoms with Crippen LogP contribution in [0.5, 0.6) is 11.5 Å². The fourth-order valence-electron chi connectivity index (χ4n) is 2.92. The maximum atomic E-state index is 5.82. The first kappa shape index (κ1) is 19.5. The van der Waals surface area contributed by atoms with Crippen LogP contribution in [0.25, 0.3) is 0 Å². The summed E-state index contributed by atoms with van der Waals surface area (Å²) in [7, 11) is 0. The third kappa shape index (κ3) is 8.74. The maximum absolute atomic E-state index is 5.82. The summed E-state index contributed by atoms with van der Waals surface area (Å²) in [5.74, 6) is 1.76. The molecule has 0 fully saturated rings. The lowest BCUT2D eigenvalue weighted by Crippen LogP contribution is -2.14. The second kappa shape index (κ2) is 12.5. The molecule has 2 aromatic rings. The number of hydrogen-bond donors (Lipinski definition) is 1. The lowest BCUT2D eigenvalue weighted by Gasteiger charge is -2.08. The minimum atomic E-state index is 0.878. The van der Waals surface area contributed by atoms with Crippen LogP contribution < -0.4 is 10.1 Å². The van der Waals surface area contributed by atoms with Crippen LogP contribution in [0, 0.1) is 0 Å². The van der Waals surface area contributed by atoms with Crippen LogP contribution in [0.15, 0.2) is 54.6 Å². The summed E-state index contributed by atoms with van der Waals surface area (Å²) in [6.07, 6.45) is 11.0. The number of benzene rings is 2. The van der Waals surface area contributed by atoms with Gasteiger partial charge in [-0.25, -0.2) is 0 Å². The molecule has 25 heavy (non-hydrogen) atoms. The Bertz CT molecular complexity index is 550. The first-order valence-electron chi connectivity index (χ1n) is 9.91. The van der Waals surface area contributed by atoms with Crippen molar-refractivity contribution in [3.05, 3.63) is 60.2 Å². The van der Waals surface area contributed by atoms with Crippen LogP contribution in [-0.2, 0) is 6.54 Å². The number of hydrogen-bond acceptors (Lipinski definition) is 2. The summed E-state index contributed by atoms with van der Waals surface area (Å²) >= 11 is 0. The van der Waals surface area contributed by atoms with Crippen LogP contribution in [0.2, 0.25) is 0 Å². The van der Waals surface area contributed by atoms with E-state index < -0.39 is 0 Å². The van der Waals surface area contributed by atoms with Gasteiger partial charge in [-0.3, -0.25) is 0 Å². The molecule has 0 heterocycles. The zero-order valence-corrected chi connectivity index (χ0v) is 15.7. The minimum absolute atomic E-state index is 0.878. The first-order valence-corrected chi connectivity index (χ1v) is 9.91. The van der Waals surface area contributed by atoms with Gasteiger partial charge in [0.1, 0.15) is 11.5 Å². The van der Waals surface area contributed by atoms with Gasteiger partial charge in [0, 0.05) is 6.54 Å².